The fourth-order valence-electron chi connectivity index (χ4n) is 2.42. The average molecular weight is 451 g/mol. The first kappa shape index (κ1) is 27.3. The molecule has 0 bridgehead atoms. The van der Waals surface area contributed by atoms with Crippen LogP contribution in [0.15, 0.2) is 29.5 Å². The standard InChI is InChI=1S/C21H34N6O5/c1-29-12-13-30-14-15-31-16-17-32-27-20(28)6-4-2-3-5-9-24-21(25-18-22)26-19-7-10-23-11-8-19/h7-8,10-11H,2-6,9,12-17H2,1H3,(H,27,28)(H2,23,24,25,26). The van der Waals surface area contributed by atoms with Gasteiger partial charge in [-0.15, -0.1) is 0 Å². The summed E-state index contributed by atoms with van der Waals surface area (Å²) >= 11 is 0. The molecular weight excluding hydrogens is 416 g/mol. The van der Waals surface area contributed by atoms with Crippen molar-refractivity contribution in [2.75, 3.05) is 58.6 Å². The number of anilines is 1. The van der Waals surface area contributed by atoms with E-state index >= 15 is 0 Å². The molecule has 1 amide bonds. The normalized spacial score (nSPS) is 11.1. The van der Waals surface area contributed by atoms with E-state index in [2.05, 4.69) is 26.1 Å². The fourth-order valence-corrected chi connectivity index (χ4v) is 2.42. The molecule has 0 fully saturated rings. The molecule has 0 saturated carbocycles. The lowest BCUT2D eigenvalue weighted by atomic mass is 10.1. The molecule has 1 rings (SSSR count). The first-order chi connectivity index (χ1) is 15.8. The zero-order valence-electron chi connectivity index (χ0n) is 18.7. The lowest BCUT2D eigenvalue weighted by molar-refractivity contribution is -0.135. The van der Waals surface area contributed by atoms with Gasteiger partial charge >= 0.3 is 0 Å². The minimum Gasteiger partial charge on any atom is -0.382 e. The van der Waals surface area contributed by atoms with Crippen LogP contribution in [-0.2, 0) is 23.8 Å². The Bertz CT molecular complexity index is 668. The second-order valence-electron chi connectivity index (χ2n) is 6.58. The number of hydroxylamine groups is 1. The van der Waals surface area contributed by atoms with Gasteiger partial charge in [0.05, 0.1) is 39.6 Å². The number of aromatic nitrogens is 1. The number of guanidine groups is 1. The third-order valence-corrected chi connectivity index (χ3v) is 4.02. The quantitative estimate of drug-likeness (QED) is 0.0760. The van der Waals surface area contributed by atoms with Gasteiger partial charge < -0.3 is 19.5 Å². The highest BCUT2D eigenvalue weighted by Crippen LogP contribution is 2.05. The SMILES string of the molecule is COCCOCCOCCONC(=O)CCCCCCN=C(NC#N)Nc1ccncc1. The summed E-state index contributed by atoms with van der Waals surface area (Å²) in [7, 11) is 1.62. The molecule has 0 aliphatic heterocycles. The third-order valence-electron chi connectivity index (χ3n) is 4.02. The first-order valence-electron chi connectivity index (χ1n) is 10.7. The van der Waals surface area contributed by atoms with E-state index in [0.29, 0.717) is 52.0 Å². The fraction of sp³-hybridized carbons (Fsp3) is 0.619. The number of unbranched alkanes of at least 4 members (excludes halogenated alkanes) is 3. The van der Waals surface area contributed by atoms with Crippen molar-refractivity contribution in [3.05, 3.63) is 24.5 Å². The number of aliphatic imine (C=N–C) groups is 1. The van der Waals surface area contributed by atoms with E-state index < -0.39 is 0 Å². The summed E-state index contributed by atoms with van der Waals surface area (Å²) < 4.78 is 15.4. The van der Waals surface area contributed by atoms with Crippen molar-refractivity contribution in [3.8, 4) is 6.19 Å². The summed E-state index contributed by atoms with van der Waals surface area (Å²) in [4.78, 5) is 25.1. The second-order valence-corrected chi connectivity index (χ2v) is 6.58. The summed E-state index contributed by atoms with van der Waals surface area (Å²) in [6.07, 6.45) is 9.07. The summed E-state index contributed by atoms with van der Waals surface area (Å²) in [5.41, 5.74) is 3.21. The van der Waals surface area contributed by atoms with Crippen molar-refractivity contribution in [2.45, 2.75) is 32.1 Å². The lowest BCUT2D eigenvalue weighted by Crippen LogP contribution is -2.27. The van der Waals surface area contributed by atoms with Gasteiger partial charge in [0.1, 0.15) is 0 Å². The molecule has 3 N–H and O–H groups in total. The van der Waals surface area contributed by atoms with E-state index in [9.17, 15) is 4.79 Å². The average Bonchev–Trinajstić information content (AvgIpc) is 2.80. The van der Waals surface area contributed by atoms with Gasteiger partial charge in [0, 0.05) is 38.2 Å². The van der Waals surface area contributed by atoms with Crippen LogP contribution >= 0.6 is 0 Å². The zero-order chi connectivity index (χ0) is 23.1. The van der Waals surface area contributed by atoms with E-state index in [1.807, 2.05) is 6.19 Å². The van der Waals surface area contributed by atoms with Crippen LogP contribution in [0.3, 0.4) is 0 Å². The number of nitriles is 1. The summed E-state index contributed by atoms with van der Waals surface area (Å²) in [5, 5.41) is 14.4. The molecule has 1 heterocycles. The Morgan fingerprint density at radius 1 is 1.03 bits per heavy atom. The van der Waals surface area contributed by atoms with E-state index in [1.165, 1.54) is 0 Å². The van der Waals surface area contributed by atoms with Gasteiger partial charge in [-0.1, -0.05) is 12.8 Å². The number of nitrogens with zero attached hydrogens (tertiary/aromatic N) is 3. The summed E-state index contributed by atoms with van der Waals surface area (Å²) in [5.74, 6) is 0.255. The van der Waals surface area contributed by atoms with E-state index in [-0.39, 0.29) is 12.5 Å². The van der Waals surface area contributed by atoms with Crippen LogP contribution in [0.5, 0.6) is 0 Å². The number of amides is 1. The summed E-state index contributed by atoms with van der Waals surface area (Å²) in [6.45, 7) is 3.32. The predicted molar refractivity (Wildman–Crippen MR) is 120 cm³/mol. The van der Waals surface area contributed by atoms with Crippen molar-refractivity contribution in [1.82, 2.24) is 15.8 Å². The number of carbonyl (C=O) groups is 1. The molecule has 178 valence electrons. The first-order valence-corrected chi connectivity index (χ1v) is 10.7. The largest absolute Gasteiger partial charge is 0.382 e. The third kappa shape index (κ3) is 16.0. The number of pyridine rings is 1. The Hall–Kier alpha value is -2.78. The minimum atomic E-state index is -0.145. The van der Waals surface area contributed by atoms with Gasteiger partial charge in [0.15, 0.2) is 6.19 Å². The molecule has 0 radical (unpaired) electrons. The maximum Gasteiger partial charge on any atom is 0.243 e. The number of carbonyl (C=O) groups excluding carboxylic acids is 1. The molecule has 11 nitrogen and oxygen atoms in total. The van der Waals surface area contributed by atoms with Gasteiger partial charge in [-0.2, -0.15) is 5.26 Å². The van der Waals surface area contributed by atoms with Crippen molar-refractivity contribution < 1.29 is 23.8 Å². The number of methoxy groups -OCH3 is 1. The van der Waals surface area contributed by atoms with Crippen LogP contribution in [0.4, 0.5) is 5.69 Å². The van der Waals surface area contributed by atoms with Crippen molar-refractivity contribution in [3.63, 3.8) is 0 Å². The van der Waals surface area contributed by atoms with Crippen LogP contribution in [0, 0.1) is 11.5 Å². The van der Waals surface area contributed by atoms with E-state index in [4.69, 9.17) is 24.3 Å². The number of ether oxygens (including phenoxy) is 3. The predicted octanol–water partition coefficient (Wildman–Crippen LogP) is 1.60. The molecule has 0 atom stereocenters. The van der Waals surface area contributed by atoms with Crippen LogP contribution in [-0.4, -0.2) is 70.1 Å². The maximum atomic E-state index is 11.7. The molecule has 0 aliphatic carbocycles. The smallest absolute Gasteiger partial charge is 0.243 e. The minimum absolute atomic E-state index is 0.145. The number of hydrogen-bond donors (Lipinski definition) is 3. The molecule has 0 unspecified atom stereocenters. The molecule has 1 aromatic heterocycles. The lowest BCUT2D eigenvalue weighted by Gasteiger charge is -2.08. The maximum absolute atomic E-state index is 11.7. The monoisotopic (exact) mass is 450 g/mol. The second kappa shape index (κ2) is 20.1. The zero-order valence-corrected chi connectivity index (χ0v) is 18.7. The number of nitrogens with one attached hydrogen (secondary N) is 3. The molecule has 0 saturated heterocycles. The summed E-state index contributed by atoms with van der Waals surface area (Å²) in [6, 6.07) is 3.58. The van der Waals surface area contributed by atoms with Gasteiger partial charge in [0.2, 0.25) is 11.9 Å². The Balaban J connectivity index is 1.96. The van der Waals surface area contributed by atoms with Crippen LogP contribution in [0.25, 0.3) is 0 Å². The Labute approximate surface area is 189 Å². The topological polar surface area (TPSA) is 139 Å². The molecule has 32 heavy (non-hydrogen) atoms. The van der Waals surface area contributed by atoms with Crippen LogP contribution < -0.4 is 16.1 Å². The van der Waals surface area contributed by atoms with Gasteiger partial charge in [-0.3, -0.25) is 24.9 Å². The number of rotatable bonds is 18. The highest BCUT2D eigenvalue weighted by molar-refractivity contribution is 5.94. The van der Waals surface area contributed by atoms with Crippen molar-refractivity contribution >= 4 is 17.6 Å². The van der Waals surface area contributed by atoms with Gasteiger partial charge in [0.25, 0.3) is 0 Å². The highest BCUT2D eigenvalue weighted by Gasteiger charge is 2.02. The van der Waals surface area contributed by atoms with Crippen molar-refractivity contribution in [2.24, 2.45) is 4.99 Å². The molecule has 0 aliphatic rings. The van der Waals surface area contributed by atoms with E-state index in [1.54, 1.807) is 31.6 Å². The van der Waals surface area contributed by atoms with Gasteiger partial charge in [-0.25, -0.2) is 5.48 Å². The molecule has 1 aromatic rings. The van der Waals surface area contributed by atoms with Gasteiger partial charge in [-0.05, 0) is 25.0 Å². The molecule has 0 spiro atoms. The number of hydrogen-bond acceptors (Lipinski definition) is 8. The molecular formula is C21H34N6O5. The van der Waals surface area contributed by atoms with E-state index in [0.717, 1.165) is 31.4 Å². The Kier molecular flexibility index (Phi) is 17.2. The van der Waals surface area contributed by atoms with Crippen LogP contribution in [0.2, 0.25) is 0 Å². The molecule has 11 heteroatoms. The Morgan fingerprint density at radius 2 is 1.72 bits per heavy atom. The Morgan fingerprint density at radius 3 is 2.44 bits per heavy atom. The molecule has 0 aromatic carbocycles. The van der Waals surface area contributed by atoms with Crippen LogP contribution in [0.1, 0.15) is 32.1 Å². The van der Waals surface area contributed by atoms with Crippen molar-refractivity contribution in [1.29, 1.82) is 5.26 Å². The highest BCUT2D eigenvalue weighted by atomic mass is 16.7.